The van der Waals surface area contributed by atoms with Crippen LogP contribution in [0.2, 0.25) is 0 Å². The van der Waals surface area contributed by atoms with Gasteiger partial charge in [0.25, 0.3) is 0 Å². The van der Waals surface area contributed by atoms with Gasteiger partial charge < -0.3 is 15.0 Å². The Labute approximate surface area is 126 Å². The van der Waals surface area contributed by atoms with Crippen LogP contribution in [-0.4, -0.2) is 49.1 Å². The van der Waals surface area contributed by atoms with Gasteiger partial charge in [0.15, 0.2) is 0 Å². The summed E-state index contributed by atoms with van der Waals surface area (Å²) < 4.78 is 5.05. The molecule has 0 aromatic heterocycles. The predicted molar refractivity (Wildman–Crippen MR) is 78.8 cm³/mol. The summed E-state index contributed by atoms with van der Waals surface area (Å²) in [4.78, 5) is 25.8. The first-order chi connectivity index (χ1) is 9.20. The fourth-order valence-corrected chi connectivity index (χ4v) is 2.93. The number of amides is 1. The number of carbonyl (C=O) groups excluding carboxylic acids is 2. The van der Waals surface area contributed by atoms with Crippen molar-refractivity contribution in [3.8, 4) is 0 Å². The molecule has 2 aliphatic heterocycles. The molecular weight excluding hydrogens is 280 g/mol. The van der Waals surface area contributed by atoms with Gasteiger partial charge in [-0.05, 0) is 39.2 Å². The quantitative estimate of drug-likeness (QED) is 0.797. The highest BCUT2D eigenvalue weighted by Crippen LogP contribution is 2.20. The smallest absolute Gasteiger partial charge is 0.310 e. The highest BCUT2D eigenvalue weighted by molar-refractivity contribution is 5.85. The molecule has 0 aromatic rings. The van der Waals surface area contributed by atoms with E-state index in [1.165, 1.54) is 0 Å². The second kappa shape index (κ2) is 8.47. The van der Waals surface area contributed by atoms with Crippen LogP contribution in [0.15, 0.2) is 0 Å². The van der Waals surface area contributed by atoms with Crippen molar-refractivity contribution in [3.05, 3.63) is 0 Å². The lowest BCUT2D eigenvalue weighted by molar-refractivity contribution is -0.151. The maximum atomic E-state index is 12.2. The Morgan fingerprint density at radius 1 is 1.30 bits per heavy atom. The van der Waals surface area contributed by atoms with Crippen LogP contribution in [0.4, 0.5) is 0 Å². The van der Waals surface area contributed by atoms with Crippen LogP contribution < -0.4 is 5.32 Å². The summed E-state index contributed by atoms with van der Waals surface area (Å²) in [5.74, 6) is -0.110. The van der Waals surface area contributed by atoms with E-state index in [0.717, 1.165) is 38.8 Å². The molecule has 0 bridgehead atoms. The normalized spacial score (nSPS) is 25.9. The van der Waals surface area contributed by atoms with Gasteiger partial charge in [0.1, 0.15) is 0 Å². The lowest BCUT2D eigenvalue weighted by Gasteiger charge is -2.32. The molecule has 1 N–H and O–H groups in total. The van der Waals surface area contributed by atoms with Gasteiger partial charge in [-0.15, -0.1) is 12.4 Å². The van der Waals surface area contributed by atoms with Gasteiger partial charge in [-0.1, -0.05) is 0 Å². The van der Waals surface area contributed by atoms with Crippen LogP contribution >= 0.6 is 12.4 Å². The third-order valence-corrected chi connectivity index (χ3v) is 3.98. The molecule has 2 unspecified atom stereocenters. The zero-order valence-corrected chi connectivity index (χ0v) is 12.9. The van der Waals surface area contributed by atoms with Crippen molar-refractivity contribution in [1.29, 1.82) is 0 Å². The largest absolute Gasteiger partial charge is 0.466 e. The lowest BCUT2D eigenvalue weighted by Crippen LogP contribution is -2.44. The SMILES string of the molecule is CCOC(=O)C1CCCN(C(=O)CC2CCCN2)C1.Cl. The van der Waals surface area contributed by atoms with Crippen LogP contribution in [0, 0.1) is 5.92 Å². The highest BCUT2D eigenvalue weighted by Gasteiger charge is 2.30. The number of esters is 1. The standard InChI is InChI=1S/C14H24N2O3.ClH/c1-2-19-14(18)11-5-4-8-16(10-11)13(17)9-12-6-3-7-15-12;/h11-12,15H,2-10H2,1H3;1H. The molecule has 2 heterocycles. The van der Waals surface area contributed by atoms with Gasteiger partial charge in [0.2, 0.25) is 5.91 Å². The topological polar surface area (TPSA) is 58.6 Å². The molecule has 0 spiro atoms. The minimum atomic E-state index is -0.154. The lowest BCUT2D eigenvalue weighted by atomic mass is 9.97. The van der Waals surface area contributed by atoms with Gasteiger partial charge in [0.05, 0.1) is 12.5 Å². The molecule has 5 nitrogen and oxygen atoms in total. The fraction of sp³-hybridized carbons (Fsp3) is 0.857. The summed E-state index contributed by atoms with van der Waals surface area (Å²) in [6, 6.07) is 0.329. The Bertz CT molecular complexity index is 332. The number of nitrogens with one attached hydrogen (secondary N) is 1. The van der Waals surface area contributed by atoms with E-state index in [0.29, 0.717) is 25.6 Å². The number of ether oxygens (including phenoxy) is 1. The minimum absolute atomic E-state index is 0. The molecule has 2 fully saturated rings. The van der Waals surface area contributed by atoms with Gasteiger partial charge in [0, 0.05) is 25.6 Å². The Morgan fingerprint density at radius 2 is 2.10 bits per heavy atom. The monoisotopic (exact) mass is 304 g/mol. The molecule has 0 aromatic carbocycles. The van der Waals surface area contributed by atoms with Crippen LogP contribution in [0.5, 0.6) is 0 Å². The van der Waals surface area contributed by atoms with Crippen molar-refractivity contribution in [1.82, 2.24) is 10.2 Å². The molecular formula is C14H25ClN2O3. The zero-order chi connectivity index (χ0) is 13.7. The zero-order valence-electron chi connectivity index (χ0n) is 12.1. The van der Waals surface area contributed by atoms with E-state index in [-0.39, 0.29) is 30.2 Å². The summed E-state index contributed by atoms with van der Waals surface area (Å²) >= 11 is 0. The number of rotatable bonds is 4. The summed E-state index contributed by atoms with van der Waals surface area (Å²) in [6.07, 6.45) is 4.54. The molecule has 2 rings (SSSR count). The van der Waals surface area contributed by atoms with Gasteiger partial charge >= 0.3 is 5.97 Å². The molecule has 20 heavy (non-hydrogen) atoms. The van der Waals surface area contributed by atoms with Crippen molar-refractivity contribution in [2.75, 3.05) is 26.2 Å². The second-order valence-electron chi connectivity index (χ2n) is 5.43. The average Bonchev–Trinajstić information content (AvgIpc) is 2.92. The molecule has 2 aliphatic rings. The minimum Gasteiger partial charge on any atom is -0.466 e. The van der Waals surface area contributed by atoms with Crippen molar-refractivity contribution < 1.29 is 14.3 Å². The van der Waals surface area contributed by atoms with Crippen molar-refractivity contribution in [2.45, 2.75) is 45.1 Å². The maximum absolute atomic E-state index is 12.2. The Hall–Kier alpha value is -0.810. The van der Waals surface area contributed by atoms with E-state index >= 15 is 0 Å². The first-order valence-corrected chi connectivity index (χ1v) is 7.38. The first kappa shape index (κ1) is 17.2. The molecule has 0 aliphatic carbocycles. The average molecular weight is 305 g/mol. The van der Waals surface area contributed by atoms with E-state index < -0.39 is 0 Å². The second-order valence-corrected chi connectivity index (χ2v) is 5.43. The Morgan fingerprint density at radius 3 is 2.75 bits per heavy atom. The number of nitrogens with zero attached hydrogens (tertiary/aromatic N) is 1. The molecule has 1 amide bonds. The molecule has 6 heteroatoms. The highest BCUT2D eigenvalue weighted by atomic mass is 35.5. The number of hydrogen-bond acceptors (Lipinski definition) is 4. The van der Waals surface area contributed by atoms with E-state index in [2.05, 4.69) is 5.32 Å². The summed E-state index contributed by atoms with van der Waals surface area (Å²) in [6.45, 7) is 4.56. The van der Waals surface area contributed by atoms with E-state index in [1.54, 1.807) is 0 Å². The summed E-state index contributed by atoms with van der Waals surface area (Å²) in [7, 11) is 0. The van der Waals surface area contributed by atoms with E-state index in [1.807, 2.05) is 11.8 Å². The van der Waals surface area contributed by atoms with Crippen molar-refractivity contribution >= 4 is 24.3 Å². The number of halogens is 1. The predicted octanol–water partition coefficient (Wildman–Crippen LogP) is 1.35. The number of piperidine rings is 1. The van der Waals surface area contributed by atoms with Crippen LogP contribution in [0.3, 0.4) is 0 Å². The third-order valence-electron chi connectivity index (χ3n) is 3.98. The number of likely N-dealkylation sites (tertiary alicyclic amines) is 1. The van der Waals surface area contributed by atoms with Gasteiger partial charge in [-0.2, -0.15) is 0 Å². The van der Waals surface area contributed by atoms with Crippen LogP contribution in [0.25, 0.3) is 0 Å². The van der Waals surface area contributed by atoms with E-state index in [9.17, 15) is 9.59 Å². The number of hydrogen-bond donors (Lipinski definition) is 1. The summed E-state index contributed by atoms with van der Waals surface area (Å²) in [5, 5.41) is 3.34. The number of carbonyl (C=O) groups is 2. The molecule has 2 atom stereocenters. The van der Waals surface area contributed by atoms with Crippen molar-refractivity contribution in [2.24, 2.45) is 5.92 Å². The van der Waals surface area contributed by atoms with Crippen LogP contribution in [-0.2, 0) is 14.3 Å². The summed E-state index contributed by atoms with van der Waals surface area (Å²) in [5.41, 5.74) is 0. The molecule has 0 saturated carbocycles. The van der Waals surface area contributed by atoms with Crippen molar-refractivity contribution in [3.63, 3.8) is 0 Å². The Balaban J connectivity index is 0.00000200. The Kier molecular flexibility index (Phi) is 7.30. The maximum Gasteiger partial charge on any atom is 0.310 e. The van der Waals surface area contributed by atoms with Crippen LogP contribution in [0.1, 0.15) is 39.0 Å². The van der Waals surface area contributed by atoms with Gasteiger partial charge in [-0.25, -0.2) is 0 Å². The molecule has 116 valence electrons. The fourth-order valence-electron chi connectivity index (χ4n) is 2.93. The van der Waals surface area contributed by atoms with E-state index in [4.69, 9.17) is 4.74 Å². The first-order valence-electron chi connectivity index (χ1n) is 7.38. The third kappa shape index (κ3) is 4.63. The molecule has 2 saturated heterocycles. The van der Waals surface area contributed by atoms with Gasteiger partial charge in [-0.3, -0.25) is 9.59 Å². The molecule has 0 radical (unpaired) electrons.